The van der Waals surface area contributed by atoms with Crippen molar-refractivity contribution in [1.29, 1.82) is 0 Å². The number of hydrogen-bond donors (Lipinski definition) is 1. The van der Waals surface area contributed by atoms with Crippen molar-refractivity contribution in [2.45, 2.75) is 39.0 Å². The summed E-state index contributed by atoms with van der Waals surface area (Å²) in [6.45, 7) is 5.89. The van der Waals surface area contributed by atoms with E-state index in [1.807, 2.05) is 6.08 Å². The third-order valence-corrected chi connectivity index (χ3v) is 1.26. The molecule has 0 aromatic heterocycles. The van der Waals surface area contributed by atoms with Crippen molar-refractivity contribution in [3.8, 4) is 0 Å². The average Bonchev–Trinajstić information content (AvgIpc) is 1.81. The summed E-state index contributed by atoms with van der Waals surface area (Å²) < 4.78 is 0. The Morgan fingerprint density at radius 3 is 2.20 bits per heavy atom. The van der Waals surface area contributed by atoms with Crippen LogP contribution in [0.3, 0.4) is 0 Å². The Kier molecular flexibility index (Phi) is 27.4. The summed E-state index contributed by atoms with van der Waals surface area (Å²) in [4.78, 5) is 0. The second-order valence-electron chi connectivity index (χ2n) is 2.14. The predicted molar refractivity (Wildman–Crippen MR) is 53.9 cm³/mol. The number of allylic oxidation sites excluding steroid dienone is 1. The summed E-state index contributed by atoms with van der Waals surface area (Å²) in [7, 11) is 0. The molecule has 0 saturated heterocycles. The molecule has 0 rings (SSSR count). The van der Waals surface area contributed by atoms with E-state index in [9.17, 15) is 0 Å². The molecule has 64 valence electrons. The van der Waals surface area contributed by atoms with Gasteiger partial charge in [-0.3, -0.25) is 0 Å². The molecule has 2 heteroatoms. The van der Waals surface area contributed by atoms with Crippen molar-refractivity contribution >= 4 is 24.4 Å². The Morgan fingerprint density at radius 1 is 1.20 bits per heavy atom. The minimum atomic E-state index is 0. The Labute approximate surface area is 82.3 Å². The zero-order valence-corrected chi connectivity index (χ0v) is 11.3. The summed E-state index contributed by atoms with van der Waals surface area (Å²) in [5.41, 5.74) is 0. The normalized spacial score (nSPS) is 7.30. The van der Waals surface area contributed by atoms with Crippen molar-refractivity contribution < 1.29 is 0 Å². The fraction of sp³-hybridized carbons (Fsp3) is 0.750. The first-order chi connectivity index (χ1) is 3.91. The fourth-order valence-electron chi connectivity index (χ4n) is 0.715. The number of unbranched alkanes of at least 4 members (excludes halogenated alkanes) is 4. The van der Waals surface area contributed by atoms with Crippen molar-refractivity contribution in [3.63, 3.8) is 0 Å². The molecule has 0 fully saturated rings. The van der Waals surface area contributed by atoms with Gasteiger partial charge in [0.1, 0.15) is 0 Å². The van der Waals surface area contributed by atoms with Crippen molar-refractivity contribution in [1.82, 2.24) is 6.15 Å². The fourth-order valence-corrected chi connectivity index (χ4v) is 0.715. The predicted octanol–water partition coefficient (Wildman–Crippen LogP) is 2.12. The van der Waals surface area contributed by atoms with Crippen LogP contribution < -0.4 is 6.15 Å². The third-order valence-electron chi connectivity index (χ3n) is 1.26. The average molecular weight is 254 g/mol. The molecule has 0 aliphatic rings. The molecule has 0 aromatic rings. The van der Waals surface area contributed by atoms with Gasteiger partial charge in [-0.05, 0) is 12.8 Å². The Hall–Kier alpha value is 0.518. The van der Waals surface area contributed by atoms with E-state index in [1.165, 1.54) is 32.1 Å². The first-order valence-electron chi connectivity index (χ1n) is 3.52. The standard InChI is InChI=1S/C8H16.H3N.Sb.3H/c1-3-5-7-8-6-4-2;;;;;/h3H,1,4-8H2,2H3;1H3;;;;. The zero-order chi connectivity index (χ0) is 6.24. The van der Waals surface area contributed by atoms with Crippen LogP contribution in [-0.2, 0) is 0 Å². The maximum absolute atomic E-state index is 3.66. The van der Waals surface area contributed by atoms with Crippen molar-refractivity contribution in [3.05, 3.63) is 12.7 Å². The van der Waals surface area contributed by atoms with E-state index < -0.39 is 0 Å². The first-order valence-corrected chi connectivity index (χ1v) is 3.52. The van der Waals surface area contributed by atoms with Gasteiger partial charge in [-0.15, -0.1) is 6.58 Å². The van der Waals surface area contributed by atoms with Crippen LogP contribution in [-0.4, -0.2) is 24.4 Å². The summed E-state index contributed by atoms with van der Waals surface area (Å²) in [6, 6.07) is 0. The van der Waals surface area contributed by atoms with E-state index in [0.717, 1.165) is 0 Å². The van der Waals surface area contributed by atoms with Crippen LogP contribution in [0.2, 0.25) is 0 Å². The first kappa shape index (κ1) is 16.9. The van der Waals surface area contributed by atoms with Crippen molar-refractivity contribution in [2.75, 3.05) is 0 Å². The maximum atomic E-state index is 3.66. The van der Waals surface area contributed by atoms with Gasteiger partial charge in [0, 0.05) is 0 Å². The van der Waals surface area contributed by atoms with E-state index in [2.05, 4.69) is 13.5 Å². The molecule has 10 heavy (non-hydrogen) atoms. The van der Waals surface area contributed by atoms with Crippen LogP contribution in [0.25, 0.3) is 0 Å². The molecule has 0 amide bonds. The quantitative estimate of drug-likeness (QED) is 0.455. The molecule has 0 heterocycles. The summed E-state index contributed by atoms with van der Waals surface area (Å²) in [5, 5.41) is 0. The Balaban J connectivity index is -0.000000245. The second kappa shape index (κ2) is 16.3. The molecule has 0 spiro atoms. The van der Waals surface area contributed by atoms with Gasteiger partial charge in [0.15, 0.2) is 0 Å². The van der Waals surface area contributed by atoms with Gasteiger partial charge in [-0.25, -0.2) is 0 Å². The second-order valence-corrected chi connectivity index (χ2v) is 2.14. The monoisotopic (exact) mass is 253 g/mol. The van der Waals surface area contributed by atoms with Crippen LogP contribution in [0.5, 0.6) is 0 Å². The molecule has 0 aliphatic carbocycles. The molecule has 0 unspecified atom stereocenters. The molecule has 0 bridgehead atoms. The van der Waals surface area contributed by atoms with Gasteiger partial charge in [-0.2, -0.15) is 0 Å². The van der Waals surface area contributed by atoms with Gasteiger partial charge in [0.05, 0.1) is 0 Å². The Morgan fingerprint density at radius 2 is 1.80 bits per heavy atom. The minimum absolute atomic E-state index is 0. The molecule has 0 radical (unpaired) electrons. The number of rotatable bonds is 5. The van der Waals surface area contributed by atoms with Crippen molar-refractivity contribution in [2.24, 2.45) is 0 Å². The molecule has 0 aromatic carbocycles. The van der Waals surface area contributed by atoms with E-state index >= 15 is 0 Å². The van der Waals surface area contributed by atoms with Gasteiger partial charge >= 0.3 is 24.4 Å². The van der Waals surface area contributed by atoms with Crippen LogP contribution in [0, 0.1) is 0 Å². The Bertz CT molecular complexity index is 55.2. The summed E-state index contributed by atoms with van der Waals surface area (Å²) >= 11 is 0. The van der Waals surface area contributed by atoms with Gasteiger partial charge in [0.25, 0.3) is 0 Å². The molecule has 1 nitrogen and oxygen atoms in total. The van der Waals surface area contributed by atoms with Crippen LogP contribution in [0.1, 0.15) is 39.0 Å². The summed E-state index contributed by atoms with van der Waals surface area (Å²) in [6.07, 6.45) is 8.61. The van der Waals surface area contributed by atoms with Gasteiger partial charge < -0.3 is 6.15 Å². The van der Waals surface area contributed by atoms with E-state index in [4.69, 9.17) is 0 Å². The molecule has 0 aliphatic heterocycles. The molecule has 0 saturated carbocycles. The molecular weight excluding hydrogens is 232 g/mol. The summed E-state index contributed by atoms with van der Waals surface area (Å²) in [5.74, 6) is 0. The zero-order valence-electron chi connectivity index (χ0n) is 7.23. The molecule has 0 atom stereocenters. The molecular formula is C8H22NSb. The third kappa shape index (κ3) is 15.8. The van der Waals surface area contributed by atoms with Gasteiger partial charge in [0.2, 0.25) is 0 Å². The SMILES string of the molecule is C=CCCCCCC.N.[SbH3]. The van der Waals surface area contributed by atoms with E-state index in [-0.39, 0.29) is 30.6 Å². The van der Waals surface area contributed by atoms with E-state index in [0.29, 0.717) is 0 Å². The van der Waals surface area contributed by atoms with Crippen LogP contribution >= 0.6 is 0 Å². The van der Waals surface area contributed by atoms with Crippen LogP contribution in [0.4, 0.5) is 0 Å². The van der Waals surface area contributed by atoms with E-state index in [1.54, 1.807) is 0 Å². The molecule has 3 N–H and O–H groups in total. The number of hydrogen-bond acceptors (Lipinski definition) is 1. The van der Waals surface area contributed by atoms with Crippen LogP contribution in [0.15, 0.2) is 12.7 Å². The van der Waals surface area contributed by atoms with Gasteiger partial charge in [-0.1, -0.05) is 32.3 Å². The topological polar surface area (TPSA) is 35.0 Å².